The Kier molecular flexibility index (Phi) is 4.18. The molecule has 0 aromatic heterocycles. The van der Waals surface area contributed by atoms with Crippen molar-refractivity contribution in [2.24, 2.45) is 0 Å². The molecule has 0 bridgehead atoms. The van der Waals surface area contributed by atoms with Crippen molar-refractivity contribution >= 4 is 11.6 Å². The predicted octanol–water partition coefficient (Wildman–Crippen LogP) is 5.72. The molecule has 0 saturated heterocycles. The zero-order valence-electron chi connectivity index (χ0n) is 15.8. The van der Waals surface area contributed by atoms with Crippen LogP contribution in [0.4, 0.5) is 0 Å². The Bertz CT molecular complexity index is 1120. The van der Waals surface area contributed by atoms with Gasteiger partial charge in [-0.3, -0.25) is 9.59 Å². The highest BCUT2D eigenvalue weighted by atomic mass is 16.1. The average molecular weight is 374 g/mol. The number of fused-ring (bicyclic) bond motifs is 5. The number of hydrogen-bond donors (Lipinski definition) is 0. The Morgan fingerprint density at radius 1 is 0.379 bits per heavy atom. The standard InChI is InChI=1S/C14H8O2.C13H10/c15-13-9-5-1-2-6-10(9)14(16)12-8-4-3-7-11(12)13;1-3-7-12-10(5-1)9-11-6-2-4-8-13(11)12/h1-8H;1-8H,9H2. The van der Waals surface area contributed by atoms with E-state index in [0.29, 0.717) is 22.3 Å². The third-order valence-electron chi connectivity index (χ3n) is 5.54. The molecule has 2 nitrogen and oxygen atoms in total. The lowest BCUT2D eigenvalue weighted by molar-refractivity contribution is 0.0979. The van der Waals surface area contributed by atoms with Gasteiger partial charge in [0.05, 0.1) is 0 Å². The van der Waals surface area contributed by atoms with E-state index in [1.165, 1.54) is 22.3 Å². The molecule has 4 aromatic carbocycles. The van der Waals surface area contributed by atoms with Crippen molar-refractivity contribution in [2.45, 2.75) is 6.42 Å². The van der Waals surface area contributed by atoms with Crippen molar-refractivity contribution in [3.8, 4) is 11.1 Å². The quantitative estimate of drug-likeness (QED) is 0.341. The molecular weight excluding hydrogens is 356 g/mol. The smallest absolute Gasteiger partial charge is 0.194 e. The molecule has 4 aromatic rings. The van der Waals surface area contributed by atoms with E-state index >= 15 is 0 Å². The second kappa shape index (κ2) is 6.99. The predicted molar refractivity (Wildman–Crippen MR) is 114 cm³/mol. The largest absolute Gasteiger partial charge is 0.289 e. The first-order valence-corrected chi connectivity index (χ1v) is 9.67. The van der Waals surface area contributed by atoms with Gasteiger partial charge in [-0.25, -0.2) is 0 Å². The highest BCUT2D eigenvalue weighted by Crippen LogP contribution is 2.35. The van der Waals surface area contributed by atoms with Crippen LogP contribution >= 0.6 is 0 Å². The van der Waals surface area contributed by atoms with Crippen LogP contribution in [0.25, 0.3) is 11.1 Å². The van der Waals surface area contributed by atoms with E-state index in [1.807, 2.05) is 0 Å². The van der Waals surface area contributed by atoms with Gasteiger partial charge in [0, 0.05) is 22.3 Å². The van der Waals surface area contributed by atoms with Gasteiger partial charge < -0.3 is 0 Å². The summed E-state index contributed by atoms with van der Waals surface area (Å²) in [6.45, 7) is 0. The number of carbonyl (C=O) groups is 2. The van der Waals surface area contributed by atoms with Gasteiger partial charge in [0.25, 0.3) is 0 Å². The molecular formula is C27H18O2. The molecule has 2 heteroatoms. The average Bonchev–Trinajstić information content (AvgIpc) is 3.17. The molecule has 0 radical (unpaired) electrons. The van der Waals surface area contributed by atoms with Gasteiger partial charge in [-0.2, -0.15) is 0 Å². The zero-order chi connectivity index (χ0) is 19.8. The molecule has 29 heavy (non-hydrogen) atoms. The Hall–Kier alpha value is -3.78. The summed E-state index contributed by atoms with van der Waals surface area (Å²) < 4.78 is 0. The highest BCUT2D eigenvalue weighted by Gasteiger charge is 2.28. The molecule has 0 aliphatic heterocycles. The topological polar surface area (TPSA) is 34.1 Å². The van der Waals surface area contributed by atoms with Crippen LogP contribution in [0.3, 0.4) is 0 Å². The second-order valence-electron chi connectivity index (χ2n) is 7.24. The van der Waals surface area contributed by atoms with Crippen LogP contribution in [0, 0.1) is 0 Å². The van der Waals surface area contributed by atoms with E-state index in [0.717, 1.165) is 6.42 Å². The van der Waals surface area contributed by atoms with Crippen molar-refractivity contribution in [3.63, 3.8) is 0 Å². The first-order chi connectivity index (χ1) is 14.2. The number of benzene rings is 4. The number of rotatable bonds is 0. The van der Waals surface area contributed by atoms with Crippen LogP contribution in [-0.4, -0.2) is 11.6 Å². The van der Waals surface area contributed by atoms with E-state index in [-0.39, 0.29) is 11.6 Å². The lowest BCUT2D eigenvalue weighted by Crippen LogP contribution is -2.20. The highest BCUT2D eigenvalue weighted by molar-refractivity contribution is 6.28. The first-order valence-electron chi connectivity index (χ1n) is 9.67. The fourth-order valence-corrected chi connectivity index (χ4v) is 4.13. The Morgan fingerprint density at radius 2 is 0.655 bits per heavy atom. The lowest BCUT2D eigenvalue weighted by atomic mass is 9.84. The van der Waals surface area contributed by atoms with Gasteiger partial charge in [0.2, 0.25) is 0 Å². The van der Waals surface area contributed by atoms with E-state index in [9.17, 15) is 9.59 Å². The Labute approximate surface area is 169 Å². The molecule has 0 N–H and O–H groups in total. The SMILES string of the molecule is O=C1c2ccccc2C(=O)c2ccccc21.c1ccc2c(c1)Cc1ccccc1-2. The molecule has 0 fully saturated rings. The minimum absolute atomic E-state index is 0.0641. The summed E-state index contributed by atoms with van der Waals surface area (Å²) in [6.07, 6.45) is 1.10. The molecule has 0 atom stereocenters. The van der Waals surface area contributed by atoms with Crippen molar-refractivity contribution < 1.29 is 9.59 Å². The molecule has 0 spiro atoms. The maximum absolute atomic E-state index is 12.1. The molecule has 0 amide bonds. The molecule has 0 unspecified atom stereocenters. The number of ketones is 2. The van der Waals surface area contributed by atoms with Crippen LogP contribution < -0.4 is 0 Å². The molecule has 6 rings (SSSR count). The molecule has 0 heterocycles. The van der Waals surface area contributed by atoms with Gasteiger partial charge in [-0.15, -0.1) is 0 Å². The second-order valence-corrected chi connectivity index (χ2v) is 7.24. The van der Waals surface area contributed by atoms with E-state index in [4.69, 9.17) is 0 Å². The van der Waals surface area contributed by atoms with Crippen LogP contribution in [0.2, 0.25) is 0 Å². The van der Waals surface area contributed by atoms with Gasteiger partial charge in [0.1, 0.15) is 0 Å². The third-order valence-corrected chi connectivity index (χ3v) is 5.54. The summed E-state index contributed by atoms with van der Waals surface area (Å²) in [6, 6.07) is 31.2. The van der Waals surface area contributed by atoms with Crippen molar-refractivity contribution in [3.05, 3.63) is 130 Å². The minimum Gasteiger partial charge on any atom is -0.289 e. The Morgan fingerprint density at radius 3 is 1.00 bits per heavy atom. The van der Waals surface area contributed by atoms with Gasteiger partial charge in [0.15, 0.2) is 11.6 Å². The van der Waals surface area contributed by atoms with Crippen molar-refractivity contribution in [1.82, 2.24) is 0 Å². The van der Waals surface area contributed by atoms with E-state index in [1.54, 1.807) is 48.5 Å². The van der Waals surface area contributed by atoms with Crippen LogP contribution in [0.1, 0.15) is 43.0 Å². The monoisotopic (exact) mass is 374 g/mol. The van der Waals surface area contributed by atoms with Crippen molar-refractivity contribution in [2.75, 3.05) is 0 Å². The van der Waals surface area contributed by atoms with E-state index in [2.05, 4.69) is 48.5 Å². The molecule has 138 valence electrons. The summed E-state index contributed by atoms with van der Waals surface area (Å²) in [5.74, 6) is -0.128. The lowest BCUT2D eigenvalue weighted by Gasteiger charge is -2.16. The van der Waals surface area contributed by atoms with Gasteiger partial charge in [-0.05, 0) is 28.7 Å². The fraction of sp³-hybridized carbons (Fsp3) is 0.0370. The molecule has 2 aliphatic carbocycles. The Balaban J connectivity index is 0.000000128. The van der Waals surface area contributed by atoms with Gasteiger partial charge in [-0.1, -0.05) is 97.1 Å². The summed E-state index contributed by atoms with van der Waals surface area (Å²) in [5.41, 5.74) is 7.78. The number of hydrogen-bond acceptors (Lipinski definition) is 2. The maximum Gasteiger partial charge on any atom is 0.194 e. The van der Waals surface area contributed by atoms with Crippen LogP contribution in [0.5, 0.6) is 0 Å². The van der Waals surface area contributed by atoms with E-state index < -0.39 is 0 Å². The molecule has 2 aliphatic rings. The normalized spacial score (nSPS) is 12.8. The summed E-state index contributed by atoms with van der Waals surface area (Å²) >= 11 is 0. The van der Waals surface area contributed by atoms with Crippen molar-refractivity contribution in [1.29, 1.82) is 0 Å². The minimum atomic E-state index is -0.0641. The molecule has 0 saturated carbocycles. The maximum atomic E-state index is 12.1. The fourth-order valence-electron chi connectivity index (χ4n) is 4.13. The number of carbonyl (C=O) groups excluding carboxylic acids is 2. The third kappa shape index (κ3) is 2.90. The van der Waals surface area contributed by atoms with Gasteiger partial charge >= 0.3 is 0 Å². The first kappa shape index (κ1) is 17.3. The van der Waals surface area contributed by atoms with Crippen LogP contribution in [0.15, 0.2) is 97.1 Å². The summed E-state index contributed by atoms with van der Waals surface area (Å²) in [4.78, 5) is 24.2. The summed E-state index contributed by atoms with van der Waals surface area (Å²) in [5, 5.41) is 0. The van der Waals surface area contributed by atoms with Crippen LogP contribution in [-0.2, 0) is 6.42 Å². The summed E-state index contributed by atoms with van der Waals surface area (Å²) in [7, 11) is 0. The zero-order valence-corrected chi connectivity index (χ0v) is 15.8.